The molecule has 2 N–H and O–H groups in total. The average molecular weight is 305 g/mol. The predicted octanol–water partition coefficient (Wildman–Crippen LogP) is 2.67. The number of rotatable bonds is 6. The van der Waals surface area contributed by atoms with Crippen molar-refractivity contribution in [2.24, 2.45) is 5.92 Å². The molecule has 0 unspecified atom stereocenters. The molecule has 2 aromatic rings. The Hall–Kier alpha value is -2.50. The van der Waals surface area contributed by atoms with Gasteiger partial charge < -0.3 is 19.6 Å². The van der Waals surface area contributed by atoms with E-state index in [2.05, 4.69) is 5.32 Å². The number of hydrogen-bond acceptors (Lipinski definition) is 4. The fourth-order valence-corrected chi connectivity index (χ4v) is 2.17. The van der Waals surface area contributed by atoms with Crippen LogP contribution < -0.4 is 10.1 Å². The van der Waals surface area contributed by atoms with Crippen LogP contribution in [0.25, 0.3) is 11.0 Å². The summed E-state index contributed by atoms with van der Waals surface area (Å²) in [5.74, 6) is -0.736. The molecule has 1 atom stereocenters. The van der Waals surface area contributed by atoms with Crippen LogP contribution in [-0.4, -0.2) is 30.1 Å². The topological polar surface area (TPSA) is 88.8 Å². The van der Waals surface area contributed by atoms with Crippen LogP contribution in [0.2, 0.25) is 0 Å². The second-order valence-electron chi connectivity index (χ2n) is 5.51. The molecule has 0 aliphatic carbocycles. The summed E-state index contributed by atoms with van der Waals surface area (Å²) in [6.45, 7) is 3.80. The summed E-state index contributed by atoms with van der Waals surface area (Å²) in [6, 6.07) is 5.86. The first kappa shape index (κ1) is 15.9. The normalized spacial score (nSPS) is 12.4. The lowest BCUT2D eigenvalue weighted by atomic mass is 10.0. The first-order valence-electron chi connectivity index (χ1n) is 7.02. The molecule has 1 amide bonds. The van der Waals surface area contributed by atoms with Crippen LogP contribution in [0.4, 0.5) is 0 Å². The van der Waals surface area contributed by atoms with Crippen molar-refractivity contribution < 1.29 is 23.8 Å². The Bertz CT molecular complexity index is 689. The number of fused-ring (bicyclic) bond motifs is 1. The van der Waals surface area contributed by atoms with E-state index < -0.39 is 17.9 Å². The van der Waals surface area contributed by atoms with Crippen LogP contribution in [0.1, 0.15) is 30.8 Å². The van der Waals surface area contributed by atoms with Crippen molar-refractivity contribution in [2.45, 2.75) is 26.3 Å². The molecule has 1 aromatic heterocycles. The highest BCUT2D eigenvalue weighted by atomic mass is 16.5. The van der Waals surface area contributed by atoms with E-state index in [1.165, 1.54) is 0 Å². The van der Waals surface area contributed by atoms with Gasteiger partial charge in [-0.05, 0) is 30.5 Å². The molecule has 1 heterocycles. The van der Waals surface area contributed by atoms with E-state index in [-0.39, 0.29) is 11.7 Å². The van der Waals surface area contributed by atoms with Crippen LogP contribution in [-0.2, 0) is 4.79 Å². The van der Waals surface area contributed by atoms with Gasteiger partial charge >= 0.3 is 5.97 Å². The third-order valence-corrected chi connectivity index (χ3v) is 3.26. The van der Waals surface area contributed by atoms with E-state index in [4.69, 9.17) is 14.3 Å². The number of carboxylic acid groups (broad SMARTS) is 1. The van der Waals surface area contributed by atoms with Gasteiger partial charge in [-0.2, -0.15) is 0 Å². The Labute approximate surface area is 128 Å². The number of carbonyl (C=O) groups excluding carboxylic acids is 1. The van der Waals surface area contributed by atoms with Gasteiger partial charge in [-0.3, -0.25) is 4.79 Å². The quantitative estimate of drug-likeness (QED) is 0.856. The number of hydrogen-bond donors (Lipinski definition) is 2. The van der Waals surface area contributed by atoms with E-state index in [1.54, 1.807) is 31.4 Å². The first-order chi connectivity index (χ1) is 10.4. The minimum atomic E-state index is -1.06. The molecule has 0 aliphatic rings. The summed E-state index contributed by atoms with van der Waals surface area (Å²) in [7, 11) is 1.54. The molecule has 0 radical (unpaired) electrons. The molecule has 1 aromatic carbocycles. The van der Waals surface area contributed by atoms with Crippen LogP contribution in [0, 0.1) is 5.92 Å². The SMILES string of the molecule is COc1ccc2cc(C(=O)N[C@H](CC(C)C)C(=O)O)oc2c1. The van der Waals surface area contributed by atoms with Gasteiger partial charge in [0.05, 0.1) is 7.11 Å². The Morgan fingerprint density at radius 2 is 2.05 bits per heavy atom. The van der Waals surface area contributed by atoms with Crippen molar-refractivity contribution in [1.29, 1.82) is 0 Å². The predicted molar refractivity (Wildman–Crippen MR) is 81.1 cm³/mol. The Morgan fingerprint density at radius 3 is 2.64 bits per heavy atom. The van der Waals surface area contributed by atoms with Crippen LogP contribution in [0.3, 0.4) is 0 Å². The summed E-state index contributed by atoms with van der Waals surface area (Å²) < 4.78 is 10.6. The molecule has 0 saturated heterocycles. The van der Waals surface area contributed by atoms with Gasteiger partial charge in [-0.15, -0.1) is 0 Å². The van der Waals surface area contributed by atoms with Crippen molar-refractivity contribution in [3.63, 3.8) is 0 Å². The maximum Gasteiger partial charge on any atom is 0.326 e. The minimum Gasteiger partial charge on any atom is -0.497 e. The number of aliphatic carboxylic acids is 1. The minimum absolute atomic E-state index is 0.0817. The summed E-state index contributed by atoms with van der Waals surface area (Å²) in [5, 5.41) is 12.4. The Kier molecular flexibility index (Phi) is 4.70. The van der Waals surface area contributed by atoms with Gasteiger partial charge in [0.15, 0.2) is 5.76 Å². The highest BCUT2D eigenvalue weighted by Gasteiger charge is 2.23. The number of benzene rings is 1. The lowest BCUT2D eigenvalue weighted by molar-refractivity contribution is -0.139. The van der Waals surface area contributed by atoms with Gasteiger partial charge in [0.25, 0.3) is 5.91 Å². The maximum absolute atomic E-state index is 12.2. The number of carbonyl (C=O) groups is 2. The number of nitrogens with one attached hydrogen (secondary N) is 1. The molecule has 2 rings (SSSR count). The number of methoxy groups -OCH3 is 1. The second kappa shape index (κ2) is 6.51. The summed E-state index contributed by atoms with van der Waals surface area (Å²) in [4.78, 5) is 23.4. The summed E-state index contributed by atoms with van der Waals surface area (Å²) in [6.07, 6.45) is 0.356. The van der Waals surface area contributed by atoms with Crippen LogP contribution in [0.5, 0.6) is 5.75 Å². The average Bonchev–Trinajstić information content (AvgIpc) is 2.88. The van der Waals surface area contributed by atoms with Gasteiger partial charge in [0.1, 0.15) is 17.4 Å². The number of carboxylic acids is 1. The Morgan fingerprint density at radius 1 is 1.32 bits per heavy atom. The molecule has 0 fully saturated rings. The maximum atomic E-state index is 12.2. The third kappa shape index (κ3) is 3.58. The number of furan rings is 1. The van der Waals surface area contributed by atoms with Crippen molar-refractivity contribution in [2.75, 3.05) is 7.11 Å². The zero-order valence-electron chi connectivity index (χ0n) is 12.8. The van der Waals surface area contributed by atoms with E-state index in [9.17, 15) is 9.59 Å². The first-order valence-corrected chi connectivity index (χ1v) is 7.02. The molecule has 22 heavy (non-hydrogen) atoms. The molecule has 0 aliphatic heterocycles. The van der Waals surface area contributed by atoms with Crippen LogP contribution >= 0.6 is 0 Å². The molecule has 118 valence electrons. The van der Waals surface area contributed by atoms with Crippen LogP contribution in [0.15, 0.2) is 28.7 Å². The largest absolute Gasteiger partial charge is 0.497 e. The highest BCUT2D eigenvalue weighted by Crippen LogP contribution is 2.24. The van der Waals surface area contributed by atoms with Gasteiger partial charge in [0, 0.05) is 11.5 Å². The summed E-state index contributed by atoms with van der Waals surface area (Å²) >= 11 is 0. The summed E-state index contributed by atoms with van der Waals surface area (Å²) in [5.41, 5.74) is 0.514. The Balaban J connectivity index is 2.19. The number of amides is 1. The molecule has 6 heteroatoms. The third-order valence-electron chi connectivity index (χ3n) is 3.26. The smallest absolute Gasteiger partial charge is 0.326 e. The second-order valence-corrected chi connectivity index (χ2v) is 5.51. The van der Waals surface area contributed by atoms with Crippen molar-refractivity contribution in [3.05, 3.63) is 30.0 Å². The zero-order chi connectivity index (χ0) is 16.3. The molecule has 0 spiro atoms. The molecule has 0 bridgehead atoms. The fraction of sp³-hybridized carbons (Fsp3) is 0.375. The molecule has 6 nitrogen and oxygen atoms in total. The number of ether oxygens (including phenoxy) is 1. The van der Waals surface area contributed by atoms with E-state index in [1.807, 2.05) is 13.8 Å². The lowest BCUT2D eigenvalue weighted by Crippen LogP contribution is -2.41. The lowest BCUT2D eigenvalue weighted by Gasteiger charge is -2.15. The standard InChI is InChI=1S/C16H19NO5/c1-9(2)6-12(16(19)20)17-15(18)14-7-10-4-5-11(21-3)8-13(10)22-14/h4-5,7-9,12H,6H2,1-3H3,(H,17,18)(H,19,20)/t12-/m1/s1. The monoisotopic (exact) mass is 305 g/mol. The fourth-order valence-electron chi connectivity index (χ4n) is 2.17. The highest BCUT2D eigenvalue weighted by molar-refractivity contribution is 5.98. The molecule has 0 saturated carbocycles. The van der Waals surface area contributed by atoms with Crippen molar-refractivity contribution in [1.82, 2.24) is 5.32 Å². The van der Waals surface area contributed by atoms with Crippen molar-refractivity contribution in [3.8, 4) is 5.75 Å². The molecular weight excluding hydrogens is 286 g/mol. The van der Waals surface area contributed by atoms with Gasteiger partial charge in [-0.25, -0.2) is 4.79 Å². The van der Waals surface area contributed by atoms with Crippen molar-refractivity contribution >= 4 is 22.8 Å². The van der Waals surface area contributed by atoms with E-state index in [0.29, 0.717) is 17.8 Å². The van der Waals surface area contributed by atoms with E-state index in [0.717, 1.165) is 5.39 Å². The van der Waals surface area contributed by atoms with Gasteiger partial charge in [-0.1, -0.05) is 13.8 Å². The molecular formula is C16H19NO5. The van der Waals surface area contributed by atoms with E-state index >= 15 is 0 Å². The van der Waals surface area contributed by atoms with Gasteiger partial charge in [0.2, 0.25) is 0 Å². The zero-order valence-corrected chi connectivity index (χ0v) is 12.8.